The molecule has 0 spiro atoms. The third kappa shape index (κ3) is 3.61. The van der Waals surface area contributed by atoms with E-state index in [1.54, 1.807) is 48.6 Å². The van der Waals surface area contributed by atoms with E-state index in [9.17, 15) is 4.21 Å². The molecule has 0 N–H and O–H groups in total. The highest BCUT2D eigenvalue weighted by Gasteiger charge is 2.17. The van der Waals surface area contributed by atoms with Gasteiger partial charge in [0.15, 0.2) is 11.5 Å². The first-order chi connectivity index (χ1) is 15.7. The van der Waals surface area contributed by atoms with Crippen LogP contribution in [0.25, 0.3) is 39.2 Å². The molecule has 3 aromatic heterocycles. The first kappa shape index (κ1) is 20.2. The number of rotatable bonds is 6. The van der Waals surface area contributed by atoms with Crippen molar-refractivity contribution >= 4 is 33.9 Å². The van der Waals surface area contributed by atoms with Gasteiger partial charge in [0.05, 0.1) is 31.6 Å². The van der Waals surface area contributed by atoms with Crippen LogP contribution in [0.1, 0.15) is 0 Å². The van der Waals surface area contributed by atoms with Crippen molar-refractivity contribution < 1.29 is 13.7 Å². The van der Waals surface area contributed by atoms with Crippen LogP contribution >= 0.6 is 11.3 Å². The molecule has 0 fully saturated rings. The fourth-order valence-corrected chi connectivity index (χ4v) is 4.34. The molecular weight excluding hydrogens is 444 g/mol. The molecule has 9 heteroatoms. The van der Waals surface area contributed by atoms with Crippen LogP contribution in [-0.4, -0.2) is 34.0 Å². The van der Waals surface area contributed by atoms with Crippen molar-refractivity contribution in [2.45, 2.75) is 4.90 Å². The minimum Gasteiger partial charge on any atom is -0.493 e. The molecule has 158 valence electrons. The van der Waals surface area contributed by atoms with Crippen molar-refractivity contribution in [3.8, 4) is 39.8 Å². The zero-order chi connectivity index (χ0) is 22.1. The summed E-state index contributed by atoms with van der Waals surface area (Å²) in [6, 6.07) is 13.2. The first-order valence-corrected chi connectivity index (χ1v) is 11.3. The number of benzene rings is 2. The maximum atomic E-state index is 11.0. The Kier molecular flexibility index (Phi) is 5.34. The highest BCUT2D eigenvalue weighted by atomic mass is 32.1. The van der Waals surface area contributed by atoms with Gasteiger partial charge >= 0.3 is 11.7 Å². The molecule has 0 unspecified atom stereocenters. The molecule has 0 aliphatic heterocycles. The van der Waals surface area contributed by atoms with Gasteiger partial charge in [0.25, 0.3) is 10.8 Å². The van der Waals surface area contributed by atoms with Crippen LogP contribution in [-0.2, 0) is 15.9 Å². The summed E-state index contributed by atoms with van der Waals surface area (Å²) < 4.78 is 23.6. The number of fused-ring (bicyclic) bond motifs is 1. The van der Waals surface area contributed by atoms with Crippen LogP contribution in [0.3, 0.4) is 0 Å². The van der Waals surface area contributed by atoms with Crippen molar-refractivity contribution in [1.29, 1.82) is 0 Å². The Morgan fingerprint density at radius 3 is 2.41 bits per heavy atom. The lowest BCUT2D eigenvalue weighted by molar-refractivity contribution is 0.356. The number of nitrogens with zero attached hydrogens (tertiary/aromatic N) is 4. The summed E-state index contributed by atoms with van der Waals surface area (Å²) in [6.45, 7) is 0. The van der Waals surface area contributed by atoms with E-state index in [-0.39, 0.29) is 0 Å². The largest absolute Gasteiger partial charge is 0.505 e. The Hall–Kier alpha value is -3.69. The van der Waals surface area contributed by atoms with Crippen molar-refractivity contribution in [3.05, 3.63) is 65.6 Å². The SMILES string of the molecule is COc1cc2nc(-n3cc(-c4ccc([S+]=O)cc4)cn3)nc(-c3ccsc3)c2cc1OC. The van der Waals surface area contributed by atoms with Crippen LogP contribution in [0.5, 0.6) is 11.5 Å². The second kappa shape index (κ2) is 8.45. The topological polar surface area (TPSA) is 79.1 Å². The predicted octanol–water partition coefficient (Wildman–Crippen LogP) is 5.02. The van der Waals surface area contributed by atoms with Gasteiger partial charge in [-0.2, -0.15) is 16.4 Å². The predicted molar refractivity (Wildman–Crippen MR) is 125 cm³/mol. The van der Waals surface area contributed by atoms with Crippen LogP contribution < -0.4 is 9.47 Å². The quantitative estimate of drug-likeness (QED) is 0.331. The van der Waals surface area contributed by atoms with Crippen LogP contribution in [0.15, 0.2) is 70.5 Å². The molecular formula is C23H17N4O3S2+. The van der Waals surface area contributed by atoms with Gasteiger partial charge in [-0.3, -0.25) is 0 Å². The number of aromatic nitrogens is 4. The van der Waals surface area contributed by atoms with E-state index in [2.05, 4.69) is 5.10 Å². The fraction of sp³-hybridized carbons (Fsp3) is 0.0870. The lowest BCUT2D eigenvalue weighted by atomic mass is 10.1. The summed E-state index contributed by atoms with van der Waals surface area (Å²) in [5.41, 5.74) is 4.37. The third-order valence-corrected chi connectivity index (χ3v) is 6.20. The van der Waals surface area contributed by atoms with Gasteiger partial charge in [-0.05, 0) is 35.2 Å². The van der Waals surface area contributed by atoms with Crippen molar-refractivity contribution in [3.63, 3.8) is 0 Å². The fourth-order valence-electron chi connectivity index (χ4n) is 3.45. The lowest BCUT2D eigenvalue weighted by Gasteiger charge is -2.12. The molecule has 0 aliphatic carbocycles. The number of hydrogen-bond donors (Lipinski definition) is 0. The molecule has 0 amide bonds. The molecule has 0 bridgehead atoms. The maximum absolute atomic E-state index is 11.0. The molecule has 5 aromatic rings. The van der Waals surface area contributed by atoms with E-state index in [0.29, 0.717) is 34.0 Å². The third-order valence-electron chi connectivity index (χ3n) is 5.06. The normalized spacial score (nSPS) is 10.9. The molecule has 0 radical (unpaired) electrons. The van der Waals surface area contributed by atoms with E-state index >= 15 is 0 Å². The van der Waals surface area contributed by atoms with Gasteiger partial charge in [0, 0.05) is 50.5 Å². The van der Waals surface area contributed by atoms with Gasteiger partial charge < -0.3 is 9.47 Å². The lowest BCUT2D eigenvalue weighted by Crippen LogP contribution is -2.04. The molecule has 5 rings (SSSR count). The average Bonchev–Trinajstić information content (AvgIpc) is 3.55. The number of ether oxygens (including phenoxy) is 2. The number of hydrogen-bond acceptors (Lipinski definition) is 7. The molecule has 2 aromatic carbocycles. The highest BCUT2D eigenvalue weighted by Crippen LogP contribution is 2.36. The second-order valence-electron chi connectivity index (χ2n) is 6.89. The van der Waals surface area contributed by atoms with Gasteiger partial charge in [-0.15, -0.1) is 0 Å². The molecule has 3 heterocycles. The van der Waals surface area contributed by atoms with Crippen LogP contribution in [0, 0.1) is 0 Å². The van der Waals surface area contributed by atoms with Gasteiger partial charge in [-0.25, -0.2) is 14.6 Å². The molecule has 7 nitrogen and oxygen atoms in total. The summed E-state index contributed by atoms with van der Waals surface area (Å²) in [5, 5.41) is 9.41. The minimum atomic E-state index is 0.448. The molecule has 0 saturated carbocycles. The van der Waals surface area contributed by atoms with Crippen LogP contribution in [0.2, 0.25) is 0 Å². The molecule has 32 heavy (non-hydrogen) atoms. The molecule has 0 saturated heterocycles. The van der Waals surface area contributed by atoms with Gasteiger partial charge in [-0.1, -0.05) is 0 Å². The first-order valence-electron chi connectivity index (χ1n) is 9.62. The summed E-state index contributed by atoms with van der Waals surface area (Å²) >= 11 is 2.08. The summed E-state index contributed by atoms with van der Waals surface area (Å²) in [4.78, 5) is 10.3. The van der Waals surface area contributed by atoms with Crippen molar-refractivity contribution in [1.82, 2.24) is 19.7 Å². The summed E-state index contributed by atoms with van der Waals surface area (Å²) in [6.07, 6.45) is 3.63. The van der Waals surface area contributed by atoms with Crippen molar-refractivity contribution in [2.75, 3.05) is 14.2 Å². The van der Waals surface area contributed by atoms with E-state index in [1.807, 2.05) is 47.3 Å². The van der Waals surface area contributed by atoms with E-state index in [4.69, 9.17) is 19.4 Å². The monoisotopic (exact) mass is 461 g/mol. The summed E-state index contributed by atoms with van der Waals surface area (Å²) in [7, 11) is 3.21. The summed E-state index contributed by atoms with van der Waals surface area (Å²) in [5.74, 6) is 1.66. The van der Waals surface area contributed by atoms with Crippen LogP contribution in [0.4, 0.5) is 0 Å². The van der Waals surface area contributed by atoms with Gasteiger partial charge in [0.1, 0.15) is 0 Å². The maximum Gasteiger partial charge on any atom is 0.505 e. The smallest absolute Gasteiger partial charge is 0.493 e. The van der Waals surface area contributed by atoms with E-state index < -0.39 is 0 Å². The Balaban J connectivity index is 1.66. The van der Waals surface area contributed by atoms with Gasteiger partial charge in [0.2, 0.25) is 0 Å². The number of thiophene rings is 1. The molecule has 0 aliphatic rings. The molecule has 0 atom stereocenters. The number of methoxy groups -OCH3 is 2. The minimum absolute atomic E-state index is 0.448. The van der Waals surface area contributed by atoms with E-state index in [1.165, 1.54) is 0 Å². The zero-order valence-electron chi connectivity index (χ0n) is 17.2. The Morgan fingerprint density at radius 2 is 1.72 bits per heavy atom. The average molecular weight is 462 g/mol. The second-order valence-corrected chi connectivity index (χ2v) is 8.31. The Morgan fingerprint density at radius 1 is 0.938 bits per heavy atom. The Bertz CT molecular complexity index is 1410. The highest BCUT2D eigenvalue weighted by molar-refractivity contribution is 7.65. The standard InChI is InChI=1S/C23H17N4O3S2/c1-29-20-9-18-19(10-21(20)30-2)25-23(26-22(18)15-7-8-31-13-15)27-12-16(11-24-27)14-3-5-17(32-28)6-4-14/h3-13H,1-2H3/q+1. The zero-order valence-corrected chi connectivity index (χ0v) is 18.8. The van der Waals surface area contributed by atoms with E-state index in [0.717, 1.165) is 33.3 Å². The van der Waals surface area contributed by atoms with Crippen molar-refractivity contribution in [2.24, 2.45) is 0 Å². The Labute approximate surface area is 191 Å².